The summed E-state index contributed by atoms with van der Waals surface area (Å²) in [6.07, 6.45) is 5.44. The predicted octanol–water partition coefficient (Wildman–Crippen LogP) is 3.20. The van der Waals surface area contributed by atoms with Gasteiger partial charge in [-0.2, -0.15) is 0 Å². The lowest BCUT2D eigenvalue weighted by Gasteiger charge is -2.29. The molecular formula is C23H33N2O4S+. The number of pyridine rings is 1. The van der Waals surface area contributed by atoms with Gasteiger partial charge in [-0.3, -0.25) is 5.21 Å². The zero-order valence-electron chi connectivity index (χ0n) is 18.0. The fourth-order valence-electron chi connectivity index (χ4n) is 4.26. The van der Waals surface area contributed by atoms with Crippen LogP contribution >= 0.6 is 0 Å². The number of benzene rings is 1. The van der Waals surface area contributed by atoms with Gasteiger partial charge < -0.3 is 4.74 Å². The van der Waals surface area contributed by atoms with Crippen LogP contribution in [0.15, 0.2) is 42.5 Å². The first-order valence-electron chi connectivity index (χ1n) is 10.6. The molecule has 7 heteroatoms. The van der Waals surface area contributed by atoms with Gasteiger partial charge in [0.25, 0.3) is 0 Å². The molecule has 30 heavy (non-hydrogen) atoms. The highest BCUT2D eigenvalue weighted by Gasteiger charge is 2.29. The van der Waals surface area contributed by atoms with Crippen LogP contribution in [0.5, 0.6) is 0 Å². The Morgan fingerprint density at radius 2 is 1.80 bits per heavy atom. The highest BCUT2D eigenvalue weighted by Crippen LogP contribution is 2.34. The molecule has 3 rings (SSSR count). The van der Waals surface area contributed by atoms with Crippen LogP contribution in [-0.4, -0.2) is 39.1 Å². The number of aryl methyl sites for hydroxylation is 2. The normalized spacial score (nSPS) is 20.8. The van der Waals surface area contributed by atoms with E-state index < -0.39 is 10.0 Å². The summed E-state index contributed by atoms with van der Waals surface area (Å²) in [6, 6.07) is 14.4. The van der Waals surface area contributed by atoms with Crippen LogP contribution in [0.25, 0.3) is 0 Å². The van der Waals surface area contributed by atoms with Crippen LogP contribution in [0.4, 0.5) is 0 Å². The van der Waals surface area contributed by atoms with Gasteiger partial charge >= 0.3 is 0 Å². The van der Waals surface area contributed by atoms with Crippen molar-refractivity contribution in [3.8, 4) is 0 Å². The fraction of sp³-hybridized carbons (Fsp3) is 0.522. The van der Waals surface area contributed by atoms with Gasteiger partial charge in [-0.15, -0.1) is 0 Å². The van der Waals surface area contributed by atoms with Crippen molar-refractivity contribution in [3.05, 3.63) is 65.0 Å². The Kier molecular flexibility index (Phi) is 7.50. The average Bonchev–Trinajstić information content (AvgIpc) is 2.71. The lowest BCUT2D eigenvalue weighted by Crippen LogP contribution is -2.43. The highest BCUT2D eigenvalue weighted by atomic mass is 32.2. The molecule has 1 aromatic heterocycles. The minimum atomic E-state index is -3.34. The molecule has 1 unspecified atom stereocenters. The quantitative estimate of drug-likeness (QED) is 0.495. The maximum absolute atomic E-state index is 11.6. The topological polar surface area (TPSA) is 79.5 Å². The molecule has 6 nitrogen and oxygen atoms in total. The van der Waals surface area contributed by atoms with Crippen LogP contribution in [0, 0.1) is 13.8 Å². The maximum Gasteiger partial charge on any atom is 0.241 e. The van der Waals surface area contributed by atoms with E-state index in [9.17, 15) is 13.6 Å². The minimum Gasteiger partial charge on any atom is -0.377 e. The largest absolute Gasteiger partial charge is 0.377 e. The number of hydrogen-bond donors (Lipinski definition) is 2. The number of aromatic nitrogens is 1. The first-order chi connectivity index (χ1) is 14.2. The van der Waals surface area contributed by atoms with E-state index in [2.05, 4.69) is 29.0 Å². The number of rotatable bonds is 8. The third-order valence-electron chi connectivity index (χ3n) is 5.88. The van der Waals surface area contributed by atoms with Crippen LogP contribution in [0.3, 0.4) is 0 Å². The highest BCUT2D eigenvalue weighted by molar-refractivity contribution is 7.88. The Balaban J connectivity index is 1.64. The van der Waals surface area contributed by atoms with E-state index in [1.165, 1.54) is 5.56 Å². The number of nitrogens with one attached hydrogen (secondary N) is 1. The fourth-order valence-corrected chi connectivity index (χ4v) is 4.77. The molecule has 0 spiro atoms. The van der Waals surface area contributed by atoms with E-state index in [1.807, 2.05) is 32.0 Å². The molecule has 0 aliphatic heterocycles. The summed E-state index contributed by atoms with van der Waals surface area (Å²) in [5, 5.41) is 10.5. The van der Waals surface area contributed by atoms with Gasteiger partial charge in [0.05, 0.1) is 24.9 Å². The third kappa shape index (κ3) is 6.27. The second kappa shape index (κ2) is 9.90. The molecule has 1 heterocycles. The molecule has 2 N–H and O–H groups in total. The Morgan fingerprint density at radius 3 is 2.43 bits per heavy atom. The van der Waals surface area contributed by atoms with Crippen molar-refractivity contribution in [2.45, 2.75) is 57.5 Å². The second-order valence-corrected chi connectivity index (χ2v) is 10.3. The second-order valence-electron chi connectivity index (χ2n) is 8.45. The lowest BCUT2D eigenvalue weighted by molar-refractivity contribution is -0.914. The van der Waals surface area contributed by atoms with Crippen molar-refractivity contribution in [3.63, 3.8) is 0 Å². The van der Waals surface area contributed by atoms with E-state index in [1.54, 1.807) is 0 Å². The smallest absolute Gasteiger partial charge is 0.241 e. The van der Waals surface area contributed by atoms with E-state index in [4.69, 9.17) is 4.74 Å². The van der Waals surface area contributed by atoms with Crippen LogP contribution in [0.1, 0.15) is 60.0 Å². The minimum absolute atomic E-state index is 0.156. The summed E-state index contributed by atoms with van der Waals surface area (Å²) in [7, 11) is -3.34. The molecule has 0 radical (unpaired) electrons. The van der Waals surface area contributed by atoms with E-state index in [-0.39, 0.29) is 18.6 Å². The molecule has 1 saturated carbocycles. The van der Waals surface area contributed by atoms with Gasteiger partial charge in [0, 0.05) is 30.3 Å². The summed E-state index contributed by atoms with van der Waals surface area (Å²) in [4.78, 5) is 0. The van der Waals surface area contributed by atoms with E-state index in [0.29, 0.717) is 23.9 Å². The molecule has 0 saturated heterocycles. The standard InChI is InChI=1S/C23H33N2O4S/c1-17-13-18(2)25(26)23(14-17)21(15-24-30(3,27)28)16-29-22-11-9-20(10-12-22)19-7-5-4-6-8-19/h4-8,13-14,20-22,24,26H,9-12,15-16H2,1-3H3/q+1. The van der Waals surface area contributed by atoms with Crippen LogP contribution in [-0.2, 0) is 14.8 Å². The number of ether oxygens (including phenoxy) is 1. The van der Waals surface area contributed by atoms with E-state index in [0.717, 1.165) is 42.2 Å². The maximum atomic E-state index is 11.6. The van der Waals surface area contributed by atoms with Gasteiger partial charge in [-0.25, -0.2) is 13.1 Å². The third-order valence-corrected chi connectivity index (χ3v) is 6.57. The van der Waals surface area contributed by atoms with Crippen molar-refractivity contribution in [1.29, 1.82) is 0 Å². The first kappa shape index (κ1) is 22.7. The summed E-state index contributed by atoms with van der Waals surface area (Å²) in [6.45, 7) is 4.32. The Hall–Kier alpha value is -1.96. The summed E-state index contributed by atoms with van der Waals surface area (Å²) >= 11 is 0. The number of hydrogen-bond acceptors (Lipinski definition) is 4. The molecule has 1 aliphatic carbocycles. The molecule has 2 aromatic rings. The summed E-state index contributed by atoms with van der Waals surface area (Å²) < 4.78 is 33.2. The SMILES string of the molecule is Cc1cc(C)[n+](O)c(C(CNS(C)(=O)=O)COC2CCC(c3ccccc3)CC2)c1. The van der Waals surface area contributed by atoms with Gasteiger partial charge in [0.1, 0.15) is 0 Å². The Labute approximate surface area is 179 Å². The molecule has 164 valence electrons. The molecule has 1 fully saturated rings. The Morgan fingerprint density at radius 1 is 1.13 bits per heavy atom. The number of nitrogens with zero attached hydrogens (tertiary/aromatic N) is 1. The molecular weight excluding hydrogens is 400 g/mol. The van der Waals surface area contributed by atoms with Gasteiger partial charge in [0.15, 0.2) is 0 Å². The van der Waals surface area contributed by atoms with Crippen LogP contribution in [0.2, 0.25) is 0 Å². The average molecular weight is 434 g/mol. The van der Waals surface area contributed by atoms with E-state index >= 15 is 0 Å². The predicted molar refractivity (Wildman–Crippen MR) is 116 cm³/mol. The molecule has 1 aliphatic rings. The van der Waals surface area contributed by atoms with Crippen molar-refractivity contribution >= 4 is 10.0 Å². The van der Waals surface area contributed by atoms with Gasteiger partial charge in [0.2, 0.25) is 21.4 Å². The van der Waals surface area contributed by atoms with Crippen molar-refractivity contribution in [2.75, 3.05) is 19.4 Å². The summed E-state index contributed by atoms with van der Waals surface area (Å²) in [5.41, 5.74) is 3.77. The summed E-state index contributed by atoms with van der Waals surface area (Å²) in [5.74, 6) is 0.294. The van der Waals surface area contributed by atoms with Crippen LogP contribution < -0.4 is 9.45 Å². The van der Waals surface area contributed by atoms with Gasteiger partial charge in [-0.1, -0.05) is 30.3 Å². The zero-order chi connectivity index (χ0) is 21.7. The van der Waals surface area contributed by atoms with Crippen molar-refractivity contribution in [1.82, 2.24) is 4.72 Å². The molecule has 0 bridgehead atoms. The number of sulfonamides is 1. The zero-order valence-corrected chi connectivity index (χ0v) is 18.9. The lowest BCUT2D eigenvalue weighted by atomic mass is 9.83. The van der Waals surface area contributed by atoms with Gasteiger partial charge in [-0.05, 0) is 49.7 Å². The van der Waals surface area contributed by atoms with Crippen molar-refractivity contribution < 1.29 is 23.1 Å². The Bertz CT molecular complexity index is 939. The molecule has 1 aromatic carbocycles. The van der Waals surface area contributed by atoms with Crippen molar-refractivity contribution in [2.24, 2.45) is 0 Å². The first-order valence-corrected chi connectivity index (χ1v) is 12.5. The molecule has 0 amide bonds. The monoisotopic (exact) mass is 433 g/mol. The molecule has 1 atom stereocenters.